The van der Waals surface area contributed by atoms with Gasteiger partial charge in [0.1, 0.15) is 23.9 Å². The number of urea groups is 1. The molecule has 42 heavy (non-hydrogen) atoms. The van der Waals surface area contributed by atoms with Crippen molar-refractivity contribution in [3.8, 4) is 0 Å². The number of hydrogen-bond acceptors (Lipinski definition) is 8. The Morgan fingerprint density at radius 3 is 2.14 bits per heavy atom. The van der Waals surface area contributed by atoms with Crippen LogP contribution in [0, 0.1) is 0 Å². The van der Waals surface area contributed by atoms with Crippen molar-refractivity contribution >= 4 is 30.0 Å². The molecular formula is C31H45N3O8. The average molecular weight is 588 g/mol. The minimum absolute atomic E-state index is 0.00241. The highest BCUT2D eigenvalue weighted by Gasteiger charge is 2.50. The predicted molar refractivity (Wildman–Crippen MR) is 154 cm³/mol. The van der Waals surface area contributed by atoms with Gasteiger partial charge in [-0.1, -0.05) is 49.6 Å². The van der Waals surface area contributed by atoms with Gasteiger partial charge in [0.15, 0.2) is 6.04 Å². The van der Waals surface area contributed by atoms with E-state index in [1.54, 1.807) is 46.4 Å². The van der Waals surface area contributed by atoms with E-state index in [-0.39, 0.29) is 32.0 Å². The maximum atomic E-state index is 14.0. The Bertz CT molecular complexity index is 1120. The standard InChI is InChI=1S/C31H45N3O8/c1-30(2,3)41-27(37)24-19-33(22-15-11-8-12-16-22)29(39)34(24)26(36)23(32-28(38)42-31(4,5)6)17-18-25(35)40-20-21-13-9-7-10-14-21/h7,9-10,13-14,22-24H,8,11-12,15-20H2,1-6H3,(H,32,38)/t23-,24?/m0/s1. The summed E-state index contributed by atoms with van der Waals surface area (Å²) in [5.74, 6) is -2.10. The van der Waals surface area contributed by atoms with Crippen LogP contribution in [0.1, 0.15) is 92.1 Å². The first-order valence-corrected chi connectivity index (χ1v) is 14.7. The summed E-state index contributed by atoms with van der Waals surface area (Å²) in [7, 11) is 0. The number of nitrogens with one attached hydrogen (secondary N) is 1. The molecule has 3 rings (SSSR count). The van der Waals surface area contributed by atoms with Crippen LogP contribution in [-0.2, 0) is 35.2 Å². The van der Waals surface area contributed by atoms with E-state index in [1.807, 2.05) is 30.3 Å². The second-order valence-corrected chi connectivity index (χ2v) is 12.9. The number of carbonyl (C=O) groups excluding carboxylic acids is 5. The molecule has 1 heterocycles. The number of carbonyl (C=O) groups is 5. The van der Waals surface area contributed by atoms with Crippen LogP contribution in [0.5, 0.6) is 0 Å². The number of amides is 4. The van der Waals surface area contributed by atoms with Gasteiger partial charge in [0.25, 0.3) is 5.91 Å². The number of ether oxygens (including phenoxy) is 3. The lowest BCUT2D eigenvalue weighted by atomic mass is 9.94. The van der Waals surface area contributed by atoms with E-state index < -0.39 is 53.3 Å². The molecule has 232 valence electrons. The van der Waals surface area contributed by atoms with Gasteiger partial charge in [-0.2, -0.15) is 0 Å². The van der Waals surface area contributed by atoms with Gasteiger partial charge in [-0.3, -0.25) is 9.59 Å². The summed E-state index contributed by atoms with van der Waals surface area (Å²) in [5, 5.41) is 2.52. The number of hydrogen-bond donors (Lipinski definition) is 1. The Morgan fingerprint density at radius 1 is 0.929 bits per heavy atom. The maximum Gasteiger partial charge on any atom is 0.408 e. The quantitative estimate of drug-likeness (QED) is 0.325. The minimum Gasteiger partial charge on any atom is -0.461 e. The second-order valence-electron chi connectivity index (χ2n) is 12.9. The van der Waals surface area contributed by atoms with Crippen molar-refractivity contribution < 1.29 is 38.2 Å². The highest BCUT2D eigenvalue weighted by Crippen LogP contribution is 2.30. The van der Waals surface area contributed by atoms with Crippen LogP contribution in [0.4, 0.5) is 9.59 Å². The average Bonchev–Trinajstić information content (AvgIpc) is 3.25. The van der Waals surface area contributed by atoms with E-state index in [9.17, 15) is 24.0 Å². The van der Waals surface area contributed by atoms with Crippen molar-refractivity contribution in [2.45, 2.75) is 122 Å². The van der Waals surface area contributed by atoms with Crippen molar-refractivity contribution in [3.63, 3.8) is 0 Å². The van der Waals surface area contributed by atoms with E-state index in [4.69, 9.17) is 14.2 Å². The zero-order valence-corrected chi connectivity index (χ0v) is 25.6. The summed E-state index contributed by atoms with van der Waals surface area (Å²) < 4.78 is 16.3. The molecule has 1 saturated carbocycles. The zero-order chi connectivity index (χ0) is 31.1. The number of rotatable bonds is 9. The fourth-order valence-electron chi connectivity index (χ4n) is 5.06. The first-order chi connectivity index (χ1) is 19.6. The lowest BCUT2D eigenvalue weighted by Gasteiger charge is -2.31. The van der Waals surface area contributed by atoms with E-state index >= 15 is 0 Å². The van der Waals surface area contributed by atoms with Crippen LogP contribution >= 0.6 is 0 Å². The molecule has 0 bridgehead atoms. The van der Waals surface area contributed by atoms with E-state index in [1.165, 1.54) is 0 Å². The SMILES string of the molecule is CC(C)(C)OC(=O)N[C@@H](CCC(=O)OCc1ccccc1)C(=O)N1C(=O)N(C2CCCCC2)CC1C(=O)OC(C)(C)C. The van der Waals surface area contributed by atoms with Crippen molar-refractivity contribution in [1.82, 2.24) is 15.1 Å². The summed E-state index contributed by atoms with van der Waals surface area (Å²) in [6.45, 7) is 10.2. The fraction of sp³-hybridized carbons (Fsp3) is 0.645. The van der Waals surface area contributed by atoms with Crippen LogP contribution in [0.15, 0.2) is 30.3 Å². The minimum atomic E-state index is -1.33. The van der Waals surface area contributed by atoms with Crippen molar-refractivity contribution in [1.29, 1.82) is 0 Å². The van der Waals surface area contributed by atoms with Crippen LogP contribution in [0.2, 0.25) is 0 Å². The third-order valence-electron chi connectivity index (χ3n) is 6.93. The first kappa shape index (κ1) is 32.9. The molecule has 1 aliphatic carbocycles. The van der Waals surface area contributed by atoms with Gasteiger partial charge in [-0.05, 0) is 66.4 Å². The number of benzene rings is 1. The van der Waals surface area contributed by atoms with Gasteiger partial charge in [-0.25, -0.2) is 19.3 Å². The van der Waals surface area contributed by atoms with Gasteiger partial charge < -0.3 is 24.4 Å². The lowest BCUT2D eigenvalue weighted by molar-refractivity contribution is -0.162. The van der Waals surface area contributed by atoms with E-state index in [2.05, 4.69) is 5.32 Å². The third-order valence-corrected chi connectivity index (χ3v) is 6.93. The Morgan fingerprint density at radius 2 is 1.55 bits per heavy atom. The Labute approximate surface area is 248 Å². The number of imide groups is 1. The molecule has 1 aliphatic heterocycles. The van der Waals surface area contributed by atoms with Crippen LogP contribution < -0.4 is 5.32 Å². The molecule has 1 aromatic carbocycles. The Balaban J connectivity index is 1.82. The molecule has 11 heteroatoms. The van der Waals surface area contributed by atoms with Crippen LogP contribution in [0.3, 0.4) is 0 Å². The number of alkyl carbamates (subject to hydrolysis) is 1. The predicted octanol–water partition coefficient (Wildman–Crippen LogP) is 4.71. The summed E-state index contributed by atoms with van der Waals surface area (Å²) in [6, 6.07) is 5.91. The molecule has 0 aromatic heterocycles. The first-order valence-electron chi connectivity index (χ1n) is 14.7. The molecule has 11 nitrogen and oxygen atoms in total. The molecule has 4 amide bonds. The molecule has 1 unspecified atom stereocenters. The highest BCUT2D eigenvalue weighted by atomic mass is 16.6. The smallest absolute Gasteiger partial charge is 0.408 e. The molecule has 0 radical (unpaired) electrons. The second kappa shape index (κ2) is 14.0. The lowest BCUT2D eigenvalue weighted by Crippen LogP contribution is -2.55. The highest BCUT2D eigenvalue weighted by molar-refractivity contribution is 6.04. The van der Waals surface area contributed by atoms with Gasteiger partial charge in [-0.15, -0.1) is 0 Å². The third kappa shape index (κ3) is 9.73. The summed E-state index contributed by atoms with van der Waals surface area (Å²) in [6.07, 6.45) is 3.26. The van der Waals surface area contributed by atoms with Crippen molar-refractivity contribution in [3.05, 3.63) is 35.9 Å². The van der Waals surface area contributed by atoms with E-state index in [0.717, 1.165) is 42.6 Å². The summed E-state index contributed by atoms with van der Waals surface area (Å²) in [5.41, 5.74) is -0.896. The largest absolute Gasteiger partial charge is 0.461 e. The van der Waals surface area contributed by atoms with Crippen molar-refractivity contribution in [2.24, 2.45) is 0 Å². The fourth-order valence-corrected chi connectivity index (χ4v) is 5.06. The zero-order valence-electron chi connectivity index (χ0n) is 25.6. The number of nitrogens with zero attached hydrogens (tertiary/aromatic N) is 2. The van der Waals surface area contributed by atoms with Crippen molar-refractivity contribution in [2.75, 3.05) is 6.54 Å². The van der Waals surface area contributed by atoms with Gasteiger partial charge in [0.2, 0.25) is 0 Å². The van der Waals surface area contributed by atoms with Gasteiger partial charge >= 0.3 is 24.1 Å². The normalized spacial score (nSPS) is 18.8. The van der Waals surface area contributed by atoms with Crippen LogP contribution in [0.25, 0.3) is 0 Å². The Hall–Kier alpha value is -3.63. The summed E-state index contributed by atoms with van der Waals surface area (Å²) >= 11 is 0. The maximum absolute atomic E-state index is 14.0. The molecule has 2 atom stereocenters. The van der Waals surface area contributed by atoms with E-state index in [0.29, 0.717) is 0 Å². The monoisotopic (exact) mass is 587 g/mol. The van der Waals surface area contributed by atoms with Crippen LogP contribution in [-0.4, -0.2) is 75.6 Å². The number of esters is 2. The molecule has 0 spiro atoms. The molecule has 1 saturated heterocycles. The van der Waals surface area contributed by atoms with Gasteiger partial charge in [0.05, 0.1) is 6.54 Å². The molecule has 1 N–H and O–H groups in total. The molecule has 2 fully saturated rings. The summed E-state index contributed by atoms with van der Waals surface area (Å²) in [4.78, 5) is 68.8. The molecule has 2 aliphatic rings. The molecule has 1 aromatic rings. The van der Waals surface area contributed by atoms with Gasteiger partial charge in [0, 0.05) is 12.5 Å². The topological polar surface area (TPSA) is 132 Å². The Kier molecular flexibility index (Phi) is 11.0. The molecular weight excluding hydrogens is 542 g/mol.